The smallest absolute Gasteiger partial charge is 0.321 e. The molecule has 1 fully saturated rings. The minimum atomic E-state index is -0.0131. The maximum atomic E-state index is 12.1. The van der Waals surface area contributed by atoms with Gasteiger partial charge in [0.25, 0.3) is 0 Å². The summed E-state index contributed by atoms with van der Waals surface area (Å²) < 4.78 is 11.0. The van der Waals surface area contributed by atoms with Crippen LogP contribution < -0.4 is 5.32 Å². The van der Waals surface area contributed by atoms with Crippen molar-refractivity contribution in [3.8, 4) is 0 Å². The first kappa shape index (κ1) is 16.8. The highest BCUT2D eigenvalue weighted by Crippen LogP contribution is 2.14. The SMILES string of the molecule is CC(C)OCCOCc1cccc(NC(=O)N2CCCC2)c1. The van der Waals surface area contributed by atoms with E-state index in [1.165, 1.54) is 0 Å². The van der Waals surface area contributed by atoms with Crippen molar-refractivity contribution in [3.63, 3.8) is 0 Å². The molecule has 1 aromatic carbocycles. The summed E-state index contributed by atoms with van der Waals surface area (Å²) in [6.45, 7) is 7.41. The first-order chi connectivity index (χ1) is 10.6. The largest absolute Gasteiger partial charge is 0.376 e. The van der Waals surface area contributed by atoms with E-state index in [1.54, 1.807) is 0 Å². The van der Waals surface area contributed by atoms with Gasteiger partial charge in [-0.1, -0.05) is 12.1 Å². The number of nitrogens with zero attached hydrogens (tertiary/aromatic N) is 1. The Morgan fingerprint density at radius 1 is 1.27 bits per heavy atom. The molecular weight excluding hydrogens is 280 g/mol. The van der Waals surface area contributed by atoms with Gasteiger partial charge in [0.1, 0.15) is 0 Å². The maximum Gasteiger partial charge on any atom is 0.321 e. The van der Waals surface area contributed by atoms with E-state index >= 15 is 0 Å². The van der Waals surface area contributed by atoms with Crippen LogP contribution in [0.1, 0.15) is 32.3 Å². The van der Waals surface area contributed by atoms with Gasteiger partial charge in [-0.3, -0.25) is 0 Å². The first-order valence-electron chi connectivity index (χ1n) is 7.99. The predicted octanol–water partition coefficient (Wildman–Crippen LogP) is 3.26. The number of anilines is 1. The molecule has 1 heterocycles. The molecule has 22 heavy (non-hydrogen) atoms. The molecule has 0 radical (unpaired) electrons. The van der Waals surface area contributed by atoms with Crippen LogP contribution >= 0.6 is 0 Å². The molecule has 1 saturated heterocycles. The molecule has 0 bridgehead atoms. The highest BCUT2D eigenvalue weighted by molar-refractivity contribution is 5.89. The van der Waals surface area contributed by atoms with E-state index in [-0.39, 0.29) is 12.1 Å². The molecule has 2 amide bonds. The number of rotatable bonds is 7. The third-order valence-electron chi connectivity index (χ3n) is 3.52. The maximum absolute atomic E-state index is 12.1. The second-order valence-electron chi connectivity index (χ2n) is 5.80. The zero-order valence-corrected chi connectivity index (χ0v) is 13.5. The summed E-state index contributed by atoms with van der Waals surface area (Å²) in [6, 6.07) is 7.77. The van der Waals surface area contributed by atoms with E-state index in [1.807, 2.05) is 43.0 Å². The highest BCUT2D eigenvalue weighted by atomic mass is 16.5. The second-order valence-corrected chi connectivity index (χ2v) is 5.80. The number of nitrogens with one attached hydrogen (secondary N) is 1. The fourth-order valence-corrected chi connectivity index (χ4v) is 2.39. The van der Waals surface area contributed by atoms with Gasteiger partial charge in [-0.05, 0) is 44.4 Å². The Kier molecular flexibility index (Phi) is 6.68. The van der Waals surface area contributed by atoms with Gasteiger partial charge in [-0.2, -0.15) is 0 Å². The van der Waals surface area contributed by atoms with E-state index in [2.05, 4.69) is 5.32 Å². The predicted molar refractivity (Wildman–Crippen MR) is 87.0 cm³/mol. The van der Waals surface area contributed by atoms with Gasteiger partial charge in [0.05, 0.1) is 25.9 Å². The first-order valence-corrected chi connectivity index (χ1v) is 7.99. The van der Waals surface area contributed by atoms with Crippen molar-refractivity contribution in [1.82, 2.24) is 4.90 Å². The Morgan fingerprint density at radius 2 is 2.05 bits per heavy atom. The van der Waals surface area contributed by atoms with Crippen LogP contribution in [0.25, 0.3) is 0 Å². The quantitative estimate of drug-likeness (QED) is 0.787. The van der Waals surface area contributed by atoms with Crippen molar-refractivity contribution in [1.29, 1.82) is 0 Å². The van der Waals surface area contributed by atoms with Crippen molar-refractivity contribution in [2.75, 3.05) is 31.6 Å². The molecule has 5 nitrogen and oxygen atoms in total. The van der Waals surface area contributed by atoms with Crippen LogP contribution in [0.5, 0.6) is 0 Å². The lowest BCUT2D eigenvalue weighted by Gasteiger charge is -2.16. The molecule has 122 valence electrons. The van der Waals surface area contributed by atoms with Crippen molar-refractivity contribution in [2.45, 2.75) is 39.4 Å². The molecule has 1 N–H and O–H groups in total. The second kappa shape index (κ2) is 8.76. The van der Waals surface area contributed by atoms with E-state index in [0.29, 0.717) is 19.8 Å². The van der Waals surface area contributed by atoms with Crippen molar-refractivity contribution >= 4 is 11.7 Å². The number of benzene rings is 1. The summed E-state index contributed by atoms with van der Waals surface area (Å²) in [5, 5.41) is 2.95. The van der Waals surface area contributed by atoms with Gasteiger partial charge in [0.15, 0.2) is 0 Å². The van der Waals surface area contributed by atoms with Crippen LogP contribution in [0.15, 0.2) is 24.3 Å². The van der Waals surface area contributed by atoms with Crippen LogP contribution in [0.4, 0.5) is 10.5 Å². The number of carbonyl (C=O) groups excluding carboxylic acids is 1. The van der Waals surface area contributed by atoms with Gasteiger partial charge in [-0.15, -0.1) is 0 Å². The van der Waals surface area contributed by atoms with Crippen molar-refractivity contribution in [2.24, 2.45) is 0 Å². The summed E-state index contributed by atoms with van der Waals surface area (Å²) in [6.07, 6.45) is 2.42. The van der Waals surface area contributed by atoms with Gasteiger partial charge in [-0.25, -0.2) is 4.79 Å². The van der Waals surface area contributed by atoms with Crippen LogP contribution in [0.2, 0.25) is 0 Å². The normalized spacial score (nSPS) is 14.6. The molecule has 0 saturated carbocycles. The van der Waals surface area contributed by atoms with Crippen LogP contribution in [0, 0.1) is 0 Å². The topological polar surface area (TPSA) is 50.8 Å². The number of amides is 2. The summed E-state index contributed by atoms with van der Waals surface area (Å²) >= 11 is 0. The van der Waals surface area contributed by atoms with E-state index in [0.717, 1.165) is 37.2 Å². The monoisotopic (exact) mass is 306 g/mol. The minimum Gasteiger partial charge on any atom is -0.376 e. The van der Waals surface area contributed by atoms with Crippen molar-refractivity contribution in [3.05, 3.63) is 29.8 Å². The van der Waals surface area contributed by atoms with E-state index in [9.17, 15) is 4.79 Å². The van der Waals surface area contributed by atoms with Crippen LogP contribution in [-0.2, 0) is 16.1 Å². The summed E-state index contributed by atoms with van der Waals surface area (Å²) in [4.78, 5) is 13.9. The molecule has 0 spiro atoms. The molecule has 0 atom stereocenters. The number of hydrogen-bond donors (Lipinski definition) is 1. The molecule has 1 aliphatic rings. The van der Waals surface area contributed by atoms with Gasteiger partial charge < -0.3 is 19.7 Å². The number of likely N-dealkylation sites (tertiary alicyclic amines) is 1. The zero-order valence-electron chi connectivity index (χ0n) is 13.5. The molecule has 5 heteroatoms. The number of ether oxygens (including phenoxy) is 2. The van der Waals surface area contributed by atoms with Gasteiger partial charge >= 0.3 is 6.03 Å². The van der Waals surface area contributed by atoms with Gasteiger partial charge in [0, 0.05) is 18.8 Å². The van der Waals surface area contributed by atoms with Gasteiger partial charge in [0.2, 0.25) is 0 Å². The third-order valence-corrected chi connectivity index (χ3v) is 3.52. The standard InChI is InChI=1S/C17H26N2O3/c1-14(2)22-11-10-21-13-15-6-5-7-16(12-15)18-17(20)19-8-3-4-9-19/h5-7,12,14H,3-4,8-11,13H2,1-2H3,(H,18,20). The average molecular weight is 306 g/mol. The third kappa shape index (κ3) is 5.66. The average Bonchev–Trinajstić information content (AvgIpc) is 3.01. The van der Waals surface area contributed by atoms with Crippen molar-refractivity contribution < 1.29 is 14.3 Å². The number of carbonyl (C=O) groups is 1. The molecule has 1 aliphatic heterocycles. The van der Waals surface area contributed by atoms with E-state index < -0.39 is 0 Å². The minimum absolute atomic E-state index is 0.0131. The number of hydrogen-bond acceptors (Lipinski definition) is 3. The summed E-state index contributed by atoms with van der Waals surface area (Å²) in [5.74, 6) is 0. The Bertz CT molecular complexity index is 471. The molecule has 1 aromatic rings. The lowest BCUT2D eigenvalue weighted by atomic mass is 10.2. The molecule has 2 rings (SSSR count). The van der Waals surface area contributed by atoms with Crippen LogP contribution in [-0.4, -0.2) is 43.3 Å². The fraction of sp³-hybridized carbons (Fsp3) is 0.588. The summed E-state index contributed by atoms with van der Waals surface area (Å²) in [7, 11) is 0. The Morgan fingerprint density at radius 3 is 2.77 bits per heavy atom. The molecular formula is C17H26N2O3. The molecule has 0 aromatic heterocycles. The molecule has 0 aliphatic carbocycles. The Labute approximate surface area is 132 Å². The Balaban J connectivity index is 1.75. The van der Waals surface area contributed by atoms with E-state index in [4.69, 9.17) is 9.47 Å². The summed E-state index contributed by atoms with van der Waals surface area (Å²) in [5.41, 5.74) is 1.86. The molecule has 0 unspecified atom stereocenters. The lowest BCUT2D eigenvalue weighted by Crippen LogP contribution is -2.32. The lowest BCUT2D eigenvalue weighted by molar-refractivity contribution is 0.0143. The number of urea groups is 1. The van der Waals surface area contributed by atoms with Crippen LogP contribution in [0.3, 0.4) is 0 Å². The zero-order chi connectivity index (χ0) is 15.8. The highest BCUT2D eigenvalue weighted by Gasteiger charge is 2.17. The Hall–Kier alpha value is -1.59. The fourth-order valence-electron chi connectivity index (χ4n) is 2.39.